The molecule has 0 N–H and O–H groups in total. The number of carbonyl (C=O) groups is 1. The van der Waals surface area contributed by atoms with Crippen LogP contribution in [0.5, 0.6) is 0 Å². The van der Waals surface area contributed by atoms with E-state index in [-0.39, 0.29) is 5.91 Å². The summed E-state index contributed by atoms with van der Waals surface area (Å²) in [6, 6.07) is 18.9. The Morgan fingerprint density at radius 3 is 2.42 bits per heavy atom. The van der Waals surface area contributed by atoms with Crippen LogP contribution in [0.25, 0.3) is 0 Å². The standard InChI is InChI=1S/C20H21N3O/c24-20(16-17-10-4-1-5-11-17)23(19-14-8-3-9-15-19)22-21-18-12-6-2-7-13-18/h2-4,6-10,12-15,17H,1,5,11,16H2. The third-order valence-corrected chi connectivity index (χ3v) is 4.03. The summed E-state index contributed by atoms with van der Waals surface area (Å²) in [5.74, 6) is 0.266. The number of hydrogen-bond acceptors (Lipinski definition) is 3. The van der Waals surface area contributed by atoms with E-state index < -0.39 is 0 Å². The second kappa shape index (κ2) is 8.20. The van der Waals surface area contributed by atoms with E-state index in [4.69, 9.17) is 0 Å². The number of anilines is 1. The van der Waals surface area contributed by atoms with Gasteiger partial charge in [-0.25, -0.2) is 0 Å². The van der Waals surface area contributed by atoms with Crippen LogP contribution < -0.4 is 5.01 Å². The van der Waals surface area contributed by atoms with Gasteiger partial charge in [0.1, 0.15) is 0 Å². The highest BCUT2D eigenvalue weighted by molar-refractivity contribution is 5.92. The van der Waals surface area contributed by atoms with Crippen molar-refractivity contribution in [2.75, 3.05) is 5.01 Å². The second-order valence-corrected chi connectivity index (χ2v) is 5.89. The van der Waals surface area contributed by atoms with Crippen LogP contribution in [-0.4, -0.2) is 5.91 Å². The molecule has 0 saturated heterocycles. The molecule has 0 heterocycles. The van der Waals surface area contributed by atoms with Crippen molar-refractivity contribution in [1.82, 2.24) is 0 Å². The van der Waals surface area contributed by atoms with Crippen LogP contribution in [-0.2, 0) is 4.79 Å². The monoisotopic (exact) mass is 319 g/mol. The van der Waals surface area contributed by atoms with Gasteiger partial charge in [0.15, 0.2) is 0 Å². The predicted molar refractivity (Wildman–Crippen MR) is 96.0 cm³/mol. The number of para-hydroxylation sites is 1. The summed E-state index contributed by atoms with van der Waals surface area (Å²) in [6.45, 7) is 0. The van der Waals surface area contributed by atoms with Crippen LogP contribution in [0.2, 0.25) is 0 Å². The summed E-state index contributed by atoms with van der Waals surface area (Å²) in [5, 5.41) is 9.84. The molecule has 0 aromatic heterocycles. The molecule has 4 heteroatoms. The fourth-order valence-corrected chi connectivity index (χ4v) is 2.77. The molecule has 1 amide bonds. The Labute approximate surface area is 142 Å². The first-order chi connectivity index (χ1) is 11.8. The van der Waals surface area contributed by atoms with Gasteiger partial charge in [-0.3, -0.25) is 4.79 Å². The van der Waals surface area contributed by atoms with Crippen molar-refractivity contribution in [3.8, 4) is 0 Å². The number of carbonyl (C=O) groups excluding carboxylic acids is 1. The van der Waals surface area contributed by atoms with E-state index in [0.717, 1.165) is 30.6 Å². The summed E-state index contributed by atoms with van der Waals surface area (Å²) in [7, 11) is 0. The molecule has 1 aliphatic carbocycles. The van der Waals surface area contributed by atoms with Crippen LogP contribution in [0.1, 0.15) is 25.7 Å². The highest BCUT2D eigenvalue weighted by Crippen LogP contribution is 2.24. The molecule has 4 nitrogen and oxygen atoms in total. The molecule has 2 aromatic rings. The Hall–Kier alpha value is -2.75. The average Bonchev–Trinajstić information content (AvgIpc) is 2.64. The van der Waals surface area contributed by atoms with E-state index in [1.165, 1.54) is 5.01 Å². The largest absolute Gasteiger partial charge is 0.272 e. The highest BCUT2D eigenvalue weighted by atomic mass is 16.2. The minimum absolute atomic E-state index is 0.0302. The number of benzene rings is 2. The van der Waals surface area contributed by atoms with Gasteiger partial charge in [-0.2, -0.15) is 5.01 Å². The molecule has 3 rings (SSSR count). The van der Waals surface area contributed by atoms with Gasteiger partial charge in [0.2, 0.25) is 5.91 Å². The first-order valence-electron chi connectivity index (χ1n) is 8.34. The van der Waals surface area contributed by atoms with Gasteiger partial charge < -0.3 is 0 Å². The maximum Gasteiger partial charge on any atom is 0.249 e. The zero-order valence-electron chi connectivity index (χ0n) is 13.6. The topological polar surface area (TPSA) is 45.0 Å². The summed E-state index contributed by atoms with van der Waals surface area (Å²) in [4.78, 5) is 12.8. The normalized spacial score (nSPS) is 17.1. The number of amides is 1. The summed E-state index contributed by atoms with van der Waals surface area (Å²) < 4.78 is 0. The molecule has 0 radical (unpaired) electrons. The predicted octanol–water partition coefficient (Wildman–Crippen LogP) is 5.46. The van der Waals surface area contributed by atoms with Gasteiger partial charge in [-0.15, -0.1) is 5.11 Å². The van der Waals surface area contributed by atoms with E-state index in [1.54, 1.807) is 0 Å². The zero-order valence-corrected chi connectivity index (χ0v) is 13.6. The molecule has 0 fully saturated rings. The molecular formula is C20H21N3O. The van der Waals surface area contributed by atoms with E-state index in [0.29, 0.717) is 12.3 Å². The van der Waals surface area contributed by atoms with Crippen molar-refractivity contribution in [1.29, 1.82) is 0 Å². The summed E-state index contributed by atoms with van der Waals surface area (Å²) >= 11 is 0. The van der Waals surface area contributed by atoms with Crippen LogP contribution in [0, 0.1) is 5.92 Å². The molecule has 0 spiro atoms. The number of allylic oxidation sites excluding steroid dienone is 2. The van der Waals surface area contributed by atoms with E-state index in [2.05, 4.69) is 22.5 Å². The lowest BCUT2D eigenvalue weighted by atomic mass is 9.93. The maximum absolute atomic E-state index is 12.8. The van der Waals surface area contributed by atoms with Crippen LogP contribution in [0.4, 0.5) is 11.4 Å². The first kappa shape index (κ1) is 16.1. The van der Waals surface area contributed by atoms with E-state index in [9.17, 15) is 4.79 Å². The van der Waals surface area contributed by atoms with Crippen LogP contribution in [0.15, 0.2) is 83.2 Å². The molecule has 0 aliphatic heterocycles. The SMILES string of the molecule is O=C(CC1C=CCCC1)N(N=Nc1ccccc1)c1ccccc1. The molecule has 1 aliphatic rings. The van der Waals surface area contributed by atoms with Crippen molar-refractivity contribution < 1.29 is 4.79 Å². The highest BCUT2D eigenvalue weighted by Gasteiger charge is 2.20. The van der Waals surface area contributed by atoms with Gasteiger partial charge in [0.25, 0.3) is 0 Å². The van der Waals surface area contributed by atoms with Gasteiger partial charge in [0, 0.05) is 6.42 Å². The second-order valence-electron chi connectivity index (χ2n) is 5.89. The molecular weight excluding hydrogens is 298 g/mol. The molecule has 24 heavy (non-hydrogen) atoms. The van der Waals surface area contributed by atoms with Gasteiger partial charge in [0.05, 0.1) is 11.4 Å². The minimum atomic E-state index is -0.0302. The summed E-state index contributed by atoms with van der Waals surface area (Å²) in [5.41, 5.74) is 1.46. The Balaban J connectivity index is 1.79. The fraction of sp³-hybridized carbons (Fsp3) is 0.250. The molecule has 0 saturated carbocycles. The molecule has 0 bridgehead atoms. The van der Waals surface area contributed by atoms with E-state index in [1.807, 2.05) is 60.7 Å². The molecule has 1 atom stereocenters. The minimum Gasteiger partial charge on any atom is -0.272 e. The lowest BCUT2D eigenvalue weighted by molar-refractivity contribution is -0.119. The average molecular weight is 319 g/mol. The van der Waals surface area contributed by atoms with Crippen molar-refractivity contribution in [3.05, 3.63) is 72.8 Å². The van der Waals surface area contributed by atoms with E-state index >= 15 is 0 Å². The summed E-state index contributed by atoms with van der Waals surface area (Å²) in [6.07, 6.45) is 8.09. The van der Waals surface area contributed by atoms with Crippen molar-refractivity contribution in [2.24, 2.45) is 16.3 Å². The Morgan fingerprint density at radius 1 is 1.04 bits per heavy atom. The van der Waals surface area contributed by atoms with Gasteiger partial charge in [-0.05, 0) is 49.4 Å². The Kier molecular flexibility index (Phi) is 5.51. The quantitative estimate of drug-likeness (QED) is 0.410. The number of rotatable bonds is 5. The first-order valence-corrected chi connectivity index (χ1v) is 8.34. The lowest BCUT2D eigenvalue weighted by Gasteiger charge is -2.20. The maximum atomic E-state index is 12.8. The zero-order chi connectivity index (χ0) is 16.6. The third kappa shape index (κ3) is 4.38. The smallest absolute Gasteiger partial charge is 0.249 e. The number of hydrogen-bond donors (Lipinski definition) is 0. The molecule has 1 unspecified atom stereocenters. The van der Waals surface area contributed by atoms with Crippen molar-refractivity contribution >= 4 is 17.3 Å². The van der Waals surface area contributed by atoms with Gasteiger partial charge >= 0.3 is 0 Å². The molecule has 122 valence electrons. The Bertz CT molecular complexity index is 710. The third-order valence-electron chi connectivity index (χ3n) is 4.03. The van der Waals surface area contributed by atoms with Crippen LogP contribution in [0.3, 0.4) is 0 Å². The lowest BCUT2D eigenvalue weighted by Crippen LogP contribution is -2.27. The fourth-order valence-electron chi connectivity index (χ4n) is 2.77. The van der Waals surface area contributed by atoms with Crippen LogP contribution >= 0.6 is 0 Å². The Morgan fingerprint density at radius 2 is 1.75 bits per heavy atom. The van der Waals surface area contributed by atoms with Gasteiger partial charge in [-0.1, -0.05) is 53.8 Å². The number of nitrogens with zero attached hydrogens (tertiary/aromatic N) is 3. The molecule has 2 aromatic carbocycles. The van der Waals surface area contributed by atoms with Crippen molar-refractivity contribution in [2.45, 2.75) is 25.7 Å². The van der Waals surface area contributed by atoms with Crippen molar-refractivity contribution in [3.63, 3.8) is 0 Å².